The number of ether oxygens (including phenoxy) is 1. The van der Waals surface area contributed by atoms with Gasteiger partial charge in [-0.3, -0.25) is 0 Å². The van der Waals surface area contributed by atoms with Crippen molar-refractivity contribution in [3.05, 3.63) is 59.7 Å². The van der Waals surface area contributed by atoms with Gasteiger partial charge in [0, 0.05) is 11.4 Å². The molecule has 0 aliphatic rings. The average molecular weight is 340 g/mol. The lowest BCUT2D eigenvalue weighted by Gasteiger charge is -2.16. The predicted molar refractivity (Wildman–Crippen MR) is 100 cm³/mol. The van der Waals surface area contributed by atoms with Gasteiger partial charge in [0.2, 0.25) is 0 Å². The lowest BCUT2D eigenvalue weighted by atomic mass is 9.97. The number of amides is 2. The zero-order valence-corrected chi connectivity index (χ0v) is 14.8. The summed E-state index contributed by atoms with van der Waals surface area (Å²) < 4.78 is 4.94. The van der Waals surface area contributed by atoms with Crippen molar-refractivity contribution in [2.24, 2.45) is 0 Å². The Kier molecular flexibility index (Phi) is 6.57. The SMILES string of the molecule is CCOC(=O)c1ccc(NC(=O)Nc2ccccc2[C@H](C)CC)cc1. The summed E-state index contributed by atoms with van der Waals surface area (Å²) >= 11 is 0. The van der Waals surface area contributed by atoms with Crippen molar-refractivity contribution in [2.45, 2.75) is 33.1 Å². The molecule has 132 valence electrons. The molecule has 5 nitrogen and oxygen atoms in total. The summed E-state index contributed by atoms with van der Waals surface area (Å²) in [5, 5.41) is 5.66. The molecular weight excluding hydrogens is 316 g/mol. The van der Waals surface area contributed by atoms with E-state index in [0.717, 1.165) is 17.7 Å². The molecule has 0 saturated carbocycles. The molecule has 0 saturated heterocycles. The van der Waals surface area contributed by atoms with E-state index in [2.05, 4.69) is 24.5 Å². The van der Waals surface area contributed by atoms with Crippen LogP contribution in [0, 0.1) is 0 Å². The molecule has 2 rings (SSSR count). The van der Waals surface area contributed by atoms with Crippen molar-refractivity contribution in [3.63, 3.8) is 0 Å². The fourth-order valence-electron chi connectivity index (χ4n) is 2.45. The molecule has 2 aromatic rings. The second kappa shape index (κ2) is 8.87. The van der Waals surface area contributed by atoms with Gasteiger partial charge in [-0.1, -0.05) is 32.0 Å². The maximum Gasteiger partial charge on any atom is 0.338 e. The third kappa shape index (κ3) is 5.08. The lowest BCUT2D eigenvalue weighted by molar-refractivity contribution is 0.0526. The third-order valence-electron chi connectivity index (χ3n) is 4.01. The maximum absolute atomic E-state index is 12.3. The first-order valence-corrected chi connectivity index (χ1v) is 8.49. The van der Waals surface area contributed by atoms with Crippen LogP contribution in [0.15, 0.2) is 48.5 Å². The summed E-state index contributed by atoms with van der Waals surface area (Å²) in [5.74, 6) is -0.0126. The fraction of sp³-hybridized carbons (Fsp3) is 0.300. The maximum atomic E-state index is 12.3. The highest BCUT2D eigenvalue weighted by Gasteiger charge is 2.11. The summed E-state index contributed by atoms with van der Waals surface area (Å²) in [6, 6.07) is 14.1. The van der Waals surface area contributed by atoms with Crippen molar-refractivity contribution in [3.8, 4) is 0 Å². The Morgan fingerprint density at radius 1 is 1.00 bits per heavy atom. The van der Waals surface area contributed by atoms with Crippen LogP contribution in [0.2, 0.25) is 0 Å². The van der Waals surface area contributed by atoms with E-state index in [4.69, 9.17) is 4.74 Å². The van der Waals surface area contributed by atoms with Gasteiger partial charge < -0.3 is 15.4 Å². The van der Waals surface area contributed by atoms with Gasteiger partial charge in [0.1, 0.15) is 0 Å². The minimum atomic E-state index is -0.374. The Balaban J connectivity index is 2.02. The number of para-hydroxylation sites is 1. The second-order valence-corrected chi connectivity index (χ2v) is 5.77. The molecule has 0 bridgehead atoms. The van der Waals surface area contributed by atoms with Gasteiger partial charge in [-0.05, 0) is 55.2 Å². The molecule has 0 heterocycles. The monoisotopic (exact) mass is 340 g/mol. The van der Waals surface area contributed by atoms with Crippen LogP contribution in [0.5, 0.6) is 0 Å². The van der Waals surface area contributed by atoms with Crippen molar-refractivity contribution < 1.29 is 14.3 Å². The van der Waals surface area contributed by atoms with Crippen molar-refractivity contribution in [1.29, 1.82) is 0 Å². The van der Waals surface area contributed by atoms with Gasteiger partial charge in [0.15, 0.2) is 0 Å². The highest BCUT2D eigenvalue weighted by Crippen LogP contribution is 2.26. The minimum Gasteiger partial charge on any atom is -0.462 e. The van der Waals surface area contributed by atoms with E-state index in [0.29, 0.717) is 23.8 Å². The number of esters is 1. The van der Waals surface area contributed by atoms with Crippen LogP contribution in [0.1, 0.15) is 49.0 Å². The molecule has 25 heavy (non-hydrogen) atoms. The van der Waals surface area contributed by atoms with E-state index in [1.807, 2.05) is 24.3 Å². The van der Waals surface area contributed by atoms with E-state index in [-0.39, 0.29) is 12.0 Å². The Morgan fingerprint density at radius 2 is 1.68 bits per heavy atom. The molecule has 0 aliphatic carbocycles. The van der Waals surface area contributed by atoms with Crippen LogP contribution >= 0.6 is 0 Å². The van der Waals surface area contributed by atoms with E-state index in [1.165, 1.54) is 0 Å². The molecule has 2 N–H and O–H groups in total. The molecule has 5 heteroatoms. The van der Waals surface area contributed by atoms with Gasteiger partial charge >= 0.3 is 12.0 Å². The Labute approximate surface area is 148 Å². The smallest absolute Gasteiger partial charge is 0.338 e. The van der Waals surface area contributed by atoms with Crippen LogP contribution in [0.25, 0.3) is 0 Å². The first-order valence-electron chi connectivity index (χ1n) is 8.49. The number of hydrogen-bond donors (Lipinski definition) is 2. The number of rotatable bonds is 6. The average Bonchev–Trinajstić information content (AvgIpc) is 2.62. The Hall–Kier alpha value is -2.82. The van der Waals surface area contributed by atoms with Crippen LogP contribution in [-0.4, -0.2) is 18.6 Å². The number of nitrogens with one attached hydrogen (secondary N) is 2. The van der Waals surface area contributed by atoms with E-state index >= 15 is 0 Å². The first kappa shape index (κ1) is 18.5. The zero-order chi connectivity index (χ0) is 18.2. The zero-order valence-electron chi connectivity index (χ0n) is 14.8. The van der Waals surface area contributed by atoms with Gasteiger partial charge in [-0.25, -0.2) is 9.59 Å². The second-order valence-electron chi connectivity index (χ2n) is 5.77. The highest BCUT2D eigenvalue weighted by atomic mass is 16.5. The van der Waals surface area contributed by atoms with Crippen LogP contribution in [0.3, 0.4) is 0 Å². The molecular formula is C20H24N2O3. The number of carbonyl (C=O) groups is 2. The number of urea groups is 1. The van der Waals surface area contributed by atoms with Gasteiger partial charge in [-0.2, -0.15) is 0 Å². The topological polar surface area (TPSA) is 67.4 Å². The molecule has 0 radical (unpaired) electrons. The van der Waals surface area contributed by atoms with Crippen molar-refractivity contribution in [1.82, 2.24) is 0 Å². The minimum absolute atomic E-state index is 0.320. The Bertz CT molecular complexity index is 726. The Morgan fingerprint density at radius 3 is 2.32 bits per heavy atom. The summed E-state index contributed by atoms with van der Waals surface area (Å²) in [7, 11) is 0. The molecule has 0 unspecified atom stereocenters. The molecule has 0 aromatic heterocycles. The standard InChI is InChI=1S/C20H24N2O3/c1-4-14(3)17-8-6-7-9-18(17)22-20(24)21-16-12-10-15(11-13-16)19(23)25-5-2/h6-14H,4-5H2,1-3H3,(H2,21,22,24)/t14-/m1/s1. The quantitative estimate of drug-likeness (QED) is 0.726. The largest absolute Gasteiger partial charge is 0.462 e. The number of anilines is 2. The molecule has 2 amide bonds. The summed E-state index contributed by atoms with van der Waals surface area (Å²) in [4.78, 5) is 23.9. The number of hydrogen-bond acceptors (Lipinski definition) is 3. The highest BCUT2D eigenvalue weighted by molar-refractivity contribution is 6.00. The summed E-state index contributed by atoms with van der Waals surface area (Å²) in [6.45, 7) is 6.34. The molecule has 0 fully saturated rings. The van der Waals surface area contributed by atoms with E-state index < -0.39 is 0 Å². The lowest BCUT2D eigenvalue weighted by Crippen LogP contribution is -2.20. The first-order chi connectivity index (χ1) is 12.0. The molecule has 1 atom stereocenters. The van der Waals surface area contributed by atoms with Gasteiger partial charge in [0.25, 0.3) is 0 Å². The summed E-state index contributed by atoms with van der Waals surface area (Å²) in [6.07, 6.45) is 0.996. The molecule has 0 spiro atoms. The third-order valence-corrected chi connectivity index (χ3v) is 4.01. The fourth-order valence-corrected chi connectivity index (χ4v) is 2.45. The van der Waals surface area contributed by atoms with Crippen LogP contribution < -0.4 is 10.6 Å². The van der Waals surface area contributed by atoms with Crippen molar-refractivity contribution in [2.75, 3.05) is 17.2 Å². The normalized spacial score (nSPS) is 11.5. The number of benzene rings is 2. The predicted octanol–water partition coefficient (Wildman–Crippen LogP) is 5.02. The van der Waals surface area contributed by atoms with E-state index in [9.17, 15) is 9.59 Å². The molecule has 2 aromatic carbocycles. The molecule has 0 aliphatic heterocycles. The van der Waals surface area contributed by atoms with Gasteiger partial charge in [-0.15, -0.1) is 0 Å². The summed E-state index contributed by atoms with van der Waals surface area (Å²) in [5.41, 5.74) is 2.97. The number of carbonyl (C=O) groups excluding carboxylic acids is 2. The van der Waals surface area contributed by atoms with Gasteiger partial charge in [0.05, 0.1) is 12.2 Å². The van der Waals surface area contributed by atoms with E-state index in [1.54, 1.807) is 31.2 Å². The van der Waals surface area contributed by atoms with Crippen LogP contribution in [-0.2, 0) is 4.74 Å². The van der Waals surface area contributed by atoms with Crippen molar-refractivity contribution >= 4 is 23.4 Å². The van der Waals surface area contributed by atoms with Crippen LogP contribution in [0.4, 0.5) is 16.2 Å².